The second kappa shape index (κ2) is 9.53. The van der Waals surface area contributed by atoms with Crippen molar-refractivity contribution in [2.45, 2.75) is 52.9 Å². The molecule has 0 aliphatic heterocycles. The van der Waals surface area contributed by atoms with Gasteiger partial charge in [0.1, 0.15) is 6.20 Å². The summed E-state index contributed by atoms with van der Waals surface area (Å²) in [6.45, 7) is 6.72. The lowest BCUT2D eigenvalue weighted by atomic mass is 10.3. The zero-order valence-corrected chi connectivity index (χ0v) is 14.3. The second-order valence-electron chi connectivity index (χ2n) is 5.84. The highest BCUT2D eigenvalue weighted by Crippen LogP contribution is 1.94. The van der Waals surface area contributed by atoms with Gasteiger partial charge in [0.25, 0.3) is 5.56 Å². The van der Waals surface area contributed by atoms with Crippen molar-refractivity contribution in [3.63, 3.8) is 0 Å². The highest BCUT2D eigenvalue weighted by atomic mass is 16.2. The average molecular weight is 311 g/mol. The number of rotatable bonds is 10. The van der Waals surface area contributed by atoms with E-state index in [1.54, 1.807) is 0 Å². The molecule has 0 saturated heterocycles. The van der Waals surface area contributed by atoms with Crippen molar-refractivity contribution < 1.29 is 0 Å². The van der Waals surface area contributed by atoms with Crippen LogP contribution in [0.5, 0.6) is 0 Å². The van der Waals surface area contributed by atoms with Crippen LogP contribution in [0.25, 0.3) is 0 Å². The summed E-state index contributed by atoms with van der Waals surface area (Å²) in [6.07, 6.45) is 5.54. The summed E-state index contributed by atoms with van der Waals surface area (Å²) < 4.78 is 2.60. The zero-order valence-electron chi connectivity index (χ0n) is 14.3. The molecule has 0 fully saturated rings. The molecule has 1 heterocycles. The Kier molecular flexibility index (Phi) is 8.05. The number of nitrogens with zero attached hydrogens (tertiary/aromatic N) is 5. The largest absolute Gasteiger partial charge is 0.349 e. The average Bonchev–Trinajstić information content (AvgIpc) is 2.50. The first-order valence-corrected chi connectivity index (χ1v) is 8.03. The quantitative estimate of drug-likeness (QED) is 0.639. The molecule has 0 spiro atoms. The first-order valence-electron chi connectivity index (χ1n) is 8.03. The number of hydrogen-bond donors (Lipinski definition) is 0. The molecule has 0 aliphatic carbocycles. The van der Waals surface area contributed by atoms with Gasteiger partial charge in [0.2, 0.25) is 0 Å². The minimum Gasteiger partial charge on any atom is -0.289 e. The molecule has 0 saturated carbocycles. The van der Waals surface area contributed by atoms with Crippen LogP contribution >= 0.6 is 0 Å². The van der Waals surface area contributed by atoms with Gasteiger partial charge >= 0.3 is 5.69 Å². The third-order valence-electron chi connectivity index (χ3n) is 3.57. The predicted molar refractivity (Wildman–Crippen MR) is 87.8 cm³/mol. The van der Waals surface area contributed by atoms with Crippen molar-refractivity contribution >= 4 is 0 Å². The maximum atomic E-state index is 12.4. The Bertz CT molecular complexity index is 552. The van der Waals surface area contributed by atoms with Gasteiger partial charge in [-0.1, -0.05) is 26.7 Å². The molecule has 0 N–H and O–H groups in total. The summed E-state index contributed by atoms with van der Waals surface area (Å²) in [5, 5.41) is 3.97. The fourth-order valence-corrected chi connectivity index (χ4v) is 2.17. The van der Waals surface area contributed by atoms with E-state index in [-0.39, 0.29) is 11.2 Å². The topological polar surface area (TPSA) is 63.4 Å². The first-order chi connectivity index (χ1) is 10.5. The molecule has 1 rings (SSSR count). The van der Waals surface area contributed by atoms with Gasteiger partial charge in [-0.15, -0.1) is 0 Å². The van der Waals surface area contributed by atoms with Gasteiger partial charge in [0.15, 0.2) is 0 Å². The smallest absolute Gasteiger partial charge is 0.289 e. The zero-order chi connectivity index (χ0) is 16.5. The van der Waals surface area contributed by atoms with Crippen molar-refractivity contribution in [1.82, 2.24) is 24.1 Å². The number of unbranched alkanes of at least 4 members (excludes halogenated alkanes) is 2. The fourth-order valence-electron chi connectivity index (χ4n) is 2.17. The van der Waals surface area contributed by atoms with Crippen LogP contribution in [0.2, 0.25) is 0 Å². The SMILES string of the molecule is CCCCN(C)Cn1ncc(=O)n(CN(C)CCCC)c1=O. The van der Waals surface area contributed by atoms with Gasteiger partial charge in [-0.05, 0) is 40.0 Å². The van der Waals surface area contributed by atoms with Crippen molar-refractivity contribution in [1.29, 1.82) is 0 Å². The highest BCUT2D eigenvalue weighted by molar-refractivity contribution is 4.76. The molecule has 7 nitrogen and oxygen atoms in total. The Balaban J connectivity index is 2.84. The Morgan fingerprint density at radius 3 is 2.09 bits per heavy atom. The molecule has 1 aromatic heterocycles. The Labute approximate surface area is 132 Å². The van der Waals surface area contributed by atoms with Crippen LogP contribution < -0.4 is 11.2 Å². The molecule has 1 aromatic rings. The van der Waals surface area contributed by atoms with Crippen LogP contribution in [0.4, 0.5) is 0 Å². The van der Waals surface area contributed by atoms with Crippen LogP contribution in [0.15, 0.2) is 15.8 Å². The monoisotopic (exact) mass is 311 g/mol. The second-order valence-corrected chi connectivity index (χ2v) is 5.84. The van der Waals surface area contributed by atoms with E-state index < -0.39 is 0 Å². The lowest BCUT2D eigenvalue weighted by Crippen LogP contribution is -2.46. The van der Waals surface area contributed by atoms with Gasteiger partial charge in [-0.25, -0.2) is 14.0 Å². The molecule has 0 atom stereocenters. The van der Waals surface area contributed by atoms with Crippen LogP contribution in [0.3, 0.4) is 0 Å². The Morgan fingerprint density at radius 1 is 1.00 bits per heavy atom. The Morgan fingerprint density at radius 2 is 1.55 bits per heavy atom. The molecule has 126 valence electrons. The first kappa shape index (κ1) is 18.6. The molecule has 0 unspecified atom stereocenters. The molecular weight excluding hydrogens is 282 g/mol. The standard InChI is InChI=1S/C15H29N5O2/c1-5-7-9-17(3)12-19-14(21)11-16-20(15(19)22)13-18(4)10-8-6-2/h11H,5-10,12-13H2,1-4H3. The molecule has 0 radical (unpaired) electrons. The van der Waals surface area contributed by atoms with E-state index in [1.165, 1.54) is 15.4 Å². The van der Waals surface area contributed by atoms with Gasteiger partial charge in [-0.3, -0.25) is 14.6 Å². The summed E-state index contributed by atoms with van der Waals surface area (Å²) in [5.74, 6) is 0. The van der Waals surface area contributed by atoms with Crippen molar-refractivity contribution in [2.75, 3.05) is 27.2 Å². The van der Waals surface area contributed by atoms with E-state index in [9.17, 15) is 9.59 Å². The lowest BCUT2D eigenvalue weighted by molar-refractivity contribution is 0.218. The van der Waals surface area contributed by atoms with Gasteiger partial charge < -0.3 is 0 Å². The summed E-state index contributed by atoms with van der Waals surface area (Å²) >= 11 is 0. The Hall–Kier alpha value is -1.47. The summed E-state index contributed by atoms with van der Waals surface area (Å²) in [4.78, 5) is 28.3. The molecular formula is C15H29N5O2. The van der Waals surface area contributed by atoms with Crippen molar-refractivity contribution in [3.05, 3.63) is 27.0 Å². The van der Waals surface area contributed by atoms with Gasteiger partial charge in [-0.2, -0.15) is 5.10 Å². The molecule has 0 aliphatic rings. The lowest BCUT2D eigenvalue weighted by Gasteiger charge is -2.19. The summed E-state index contributed by atoms with van der Waals surface area (Å²) in [5.41, 5.74) is -0.694. The minimum absolute atomic E-state index is 0.304. The molecule has 22 heavy (non-hydrogen) atoms. The van der Waals surface area contributed by atoms with E-state index in [4.69, 9.17) is 0 Å². The minimum atomic E-state index is -0.348. The maximum absolute atomic E-state index is 12.4. The highest BCUT2D eigenvalue weighted by Gasteiger charge is 2.10. The van der Waals surface area contributed by atoms with Crippen molar-refractivity contribution in [2.24, 2.45) is 0 Å². The van der Waals surface area contributed by atoms with Crippen LogP contribution in [-0.2, 0) is 13.3 Å². The number of aromatic nitrogens is 3. The fraction of sp³-hybridized carbons (Fsp3) is 0.800. The molecule has 0 aromatic carbocycles. The summed E-state index contributed by atoms with van der Waals surface area (Å²) in [6, 6.07) is 0. The van der Waals surface area contributed by atoms with Crippen LogP contribution in [-0.4, -0.2) is 51.3 Å². The van der Waals surface area contributed by atoms with E-state index in [2.05, 4.69) is 18.9 Å². The van der Waals surface area contributed by atoms with Crippen molar-refractivity contribution in [3.8, 4) is 0 Å². The molecule has 7 heteroatoms. The van der Waals surface area contributed by atoms with Crippen LogP contribution in [0.1, 0.15) is 39.5 Å². The van der Waals surface area contributed by atoms with E-state index in [1.807, 2.05) is 23.9 Å². The number of hydrogen-bond acceptors (Lipinski definition) is 5. The van der Waals surface area contributed by atoms with E-state index in [0.29, 0.717) is 13.3 Å². The van der Waals surface area contributed by atoms with Gasteiger partial charge in [0.05, 0.1) is 13.3 Å². The van der Waals surface area contributed by atoms with Gasteiger partial charge in [0, 0.05) is 0 Å². The molecule has 0 bridgehead atoms. The summed E-state index contributed by atoms with van der Waals surface area (Å²) in [7, 11) is 3.87. The van der Waals surface area contributed by atoms with Crippen LogP contribution in [0, 0.1) is 0 Å². The molecule has 0 amide bonds. The third kappa shape index (κ3) is 5.73. The normalized spacial score (nSPS) is 11.5. The third-order valence-corrected chi connectivity index (χ3v) is 3.57. The maximum Gasteiger partial charge on any atom is 0.349 e. The van der Waals surface area contributed by atoms with E-state index >= 15 is 0 Å². The van der Waals surface area contributed by atoms with E-state index in [0.717, 1.165) is 38.8 Å². The predicted octanol–water partition coefficient (Wildman–Crippen LogP) is 0.784.